The van der Waals surface area contributed by atoms with Gasteiger partial charge in [0.05, 0.1) is 16.6 Å². The fraction of sp³-hybridized carbons (Fsp3) is 0.467. The predicted molar refractivity (Wildman–Crippen MR) is 147 cm³/mol. The maximum absolute atomic E-state index is 13.0. The number of carbonyl (C=O) groups excluding carboxylic acids is 1. The molecule has 202 valence electrons. The molecule has 2 saturated heterocycles. The number of aromatic nitrogens is 3. The molecule has 0 bridgehead atoms. The van der Waals surface area contributed by atoms with Crippen LogP contribution in [0.1, 0.15) is 49.1 Å². The van der Waals surface area contributed by atoms with Crippen molar-refractivity contribution in [2.24, 2.45) is 5.92 Å². The zero-order valence-corrected chi connectivity index (χ0v) is 22.0. The van der Waals surface area contributed by atoms with Crippen molar-refractivity contribution in [3.63, 3.8) is 0 Å². The molecule has 39 heavy (non-hydrogen) atoms. The number of hydrogen-bond acceptors (Lipinski definition) is 7. The Kier molecular flexibility index (Phi) is 5.99. The van der Waals surface area contributed by atoms with Gasteiger partial charge in [0.15, 0.2) is 11.5 Å². The number of carbonyl (C=O) groups is 1. The number of rotatable bonds is 9. The van der Waals surface area contributed by atoms with Crippen molar-refractivity contribution in [2.75, 3.05) is 38.1 Å². The molecular formula is C30H33FN6O2. The van der Waals surface area contributed by atoms with Crippen LogP contribution in [-0.4, -0.2) is 64.1 Å². The number of halogens is 1. The van der Waals surface area contributed by atoms with E-state index < -0.39 is 11.7 Å². The second-order valence-electron chi connectivity index (χ2n) is 11.4. The molecule has 2 aliphatic carbocycles. The molecule has 9 heteroatoms. The minimum Gasteiger partial charge on any atom is -0.461 e. The summed E-state index contributed by atoms with van der Waals surface area (Å²) >= 11 is 0. The van der Waals surface area contributed by atoms with Crippen LogP contribution in [0.5, 0.6) is 6.01 Å². The van der Waals surface area contributed by atoms with Gasteiger partial charge >= 0.3 is 6.01 Å². The lowest BCUT2D eigenvalue weighted by molar-refractivity contribution is -0.118. The monoisotopic (exact) mass is 528 g/mol. The van der Waals surface area contributed by atoms with Crippen LogP contribution >= 0.6 is 0 Å². The molecule has 2 aromatic heterocycles. The van der Waals surface area contributed by atoms with Crippen LogP contribution in [0.2, 0.25) is 0 Å². The molecule has 2 unspecified atom stereocenters. The number of amides is 1. The summed E-state index contributed by atoms with van der Waals surface area (Å²) in [6.45, 7) is 6.40. The molecule has 8 nitrogen and oxygen atoms in total. The van der Waals surface area contributed by atoms with Crippen LogP contribution < -0.4 is 15.4 Å². The molecule has 3 aromatic rings. The fourth-order valence-electron chi connectivity index (χ4n) is 7.01. The van der Waals surface area contributed by atoms with E-state index in [-0.39, 0.29) is 12.1 Å². The average molecular weight is 529 g/mol. The molecule has 1 amide bonds. The lowest BCUT2D eigenvalue weighted by Gasteiger charge is -2.31. The highest BCUT2D eigenvalue weighted by Crippen LogP contribution is 2.58. The number of nitrogens with zero attached hydrogens (tertiary/aromatic N) is 4. The summed E-state index contributed by atoms with van der Waals surface area (Å²) in [6.07, 6.45) is 7.10. The maximum atomic E-state index is 13.0. The largest absolute Gasteiger partial charge is 0.461 e. The first-order valence-electron chi connectivity index (χ1n) is 14.1. The van der Waals surface area contributed by atoms with E-state index in [0.29, 0.717) is 36.5 Å². The molecule has 1 saturated carbocycles. The molecule has 3 fully saturated rings. The van der Waals surface area contributed by atoms with E-state index in [1.54, 1.807) is 0 Å². The standard InChI is InChI=1S/C30H33FN6O2/c1-18(31)28(38)33-12-11-32-26-22-7-8-24(21-6-2-5-19-15-20-16-23(20)25(19)21)34-27(22)36-29(35-26)39-17-30-9-3-13-37(30)14-4-10-30/h2,5-8,20,23H,1,3-4,9-17H2,(H,33,38)(H,32,34,35,36). The molecule has 7 rings (SSSR count). The van der Waals surface area contributed by atoms with Crippen molar-refractivity contribution in [1.29, 1.82) is 0 Å². The molecular weight excluding hydrogens is 495 g/mol. The van der Waals surface area contributed by atoms with Gasteiger partial charge in [0.1, 0.15) is 12.4 Å². The number of ether oxygens (including phenoxy) is 1. The molecule has 4 aliphatic rings. The third-order valence-electron chi connectivity index (χ3n) is 9.02. The molecule has 2 aliphatic heterocycles. The SMILES string of the molecule is C=C(F)C(=O)NCCNc1nc(OCC23CCCN2CCC3)nc2nc(-c3cccc4c3C3CC3C4)ccc12. The highest BCUT2D eigenvalue weighted by Gasteiger charge is 2.46. The van der Waals surface area contributed by atoms with E-state index in [9.17, 15) is 9.18 Å². The summed E-state index contributed by atoms with van der Waals surface area (Å²) in [6, 6.07) is 10.9. The third-order valence-corrected chi connectivity index (χ3v) is 9.02. The number of anilines is 1. The van der Waals surface area contributed by atoms with Gasteiger partial charge < -0.3 is 15.4 Å². The van der Waals surface area contributed by atoms with Gasteiger partial charge in [-0.15, -0.1) is 0 Å². The summed E-state index contributed by atoms with van der Waals surface area (Å²) in [5.74, 6) is 0.206. The van der Waals surface area contributed by atoms with Crippen LogP contribution in [0.15, 0.2) is 42.7 Å². The number of fused-ring (bicyclic) bond motifs is 5. The maximum Gasteiger partial charge on any atom is 0.320 e. The van der Waals surface area contributed by atoms with Crippen molar-refractivity contribution in [2.45, 2.75) is 50.0 Å². The minimum absolute atomic E-state index is 0.0750. The molecule has 2 atom stereocenters. The number of nitrogens with one attached hydrogen (secondary N) is 2. The Bertz CT molecular complexity index is 1470. The van der Waals surface area contributed by atoms with Crippen molar-refractivity contribution in [1.82, 2.24) is 25.2 Å². The van der Waals surface area contributed by atoms with E-state index in [1.807, 2.05) is 12.1 Å². The van der Waals surface area contributed by atoms with Crippen LogP contribution in [-0.2, 0) is 11.2 Å². The van der Waals surface area contributed by atoms with Gasteiger partial charge in [-0.25, -0.2) is 9.37 Å². The summed E-state index contributed by atoms with van der Waals surface area (Å²) < 4.78 is 19.3. The van der Waals surface area contributed by atoms with E-state index in [0.717, 1.165) is 42.9 Å². The first-order valence-corrected chi connectivity index (χ1v) is 14.1. The quantitative estimate of drug-likeness (QED) is 0.315. The van der Waals surface area contributed by atoms with Gasteiger partial charge in [0.25, 0.3) is 5.91 Å². The van der Waals surface area contributed by atoms with Crippen LogP contribution in [0.4, 0.5) is 10.2 Å². The molecule has 1 aromatic carbocycles. The van der Waals surface area contributed by atoms with Gasteiger partial charge in [0, 0.05) is 18.7 Å². The van der Waals surface area contributed by atoms with Crippen molar-refractivity contribution < 1.29 is 13.9 Å². The zero-order valence-electron chi connectivity index (χ0n) is 22.0. The van der Waals surface area contributed by atoms with Crippen LogP contribution in [0, 0.1) is 5.92 Å². The number of hydrogen-bond donors (Lipinski definition) is 2. The van der Waals surface area contributed by atoms with Crippen molar-refractivity contribution in [3.8, 4) is 17.3 Å². The van der Waals surface area contributed by atoms with Gasteiger partial charge in [0.2, 0.25) is 0 Å². The van der Waals surface area contributed by atoms with Gasteiger partial charge in [-0.05, 0) is 86.7 Å². The smallest absolute Gasteiger partial charge is 0.320 e. The fourth-order valence-corrected chi connectivity index (χ4v) is 7.01. The van der Waals surface area contributed by atoms with Crippen molar-refractivity contribution >= 4 is 22.8 Å². The first-order chi connectivity index (χ1) is 19.0. The Labute approximate surface area is 227 Å². The summed E-state index contributed by atoms with van der Waals surface area (Å²) in [5, 5.41) is 6.52. The second-order valence-corrected chi connectivity index (χ2v) is 11.4. The highest BCUT2D eigenvalue weighted by atomic mass is 19.1. The van der Waals surface area contributed by atoms with E-state index >= 15 is 0 Å². The van der Waals surface area contributed by atoms with E-state index in [4.69, 9.17) is 19.7 Å². The normalized spacial score (nSPS) is 22.3. The van der Waals surface area contributed by atoms with E-state index in [2.05, 4.69) is 40.3 Å². The first kappa shape index (κ1) is 24.5. The second kappa shape index (κ2) is 9.55. The zero-order chi connectivity index (χ0) is 26.6. The summed E-state index contributed by atoms with van der Waals surface area (Å²) in [7, 11) is 0. The lowest BCUT2D eigenvalue weighted by atomic mass is 9.95. The third kappa shape index (κ3) is 4.42. The summed E-state index contributed by atoms with van der Waals surface area (Å²) in [5.41, 5.74) is 5.63. The van der Waals surface area contributed by atoms with Crippen LogP contribution in [0.3, 0.4) is 0 Å². The van der Waals surface area contributed by atoms with Gasteiger partial charge in [-0.1, -0.05) is 24.8 Å². The van der Waals surface area contributed by atoms with Gasteiger partial charge in [-0.2, -0.15) is 9.97 Å². The highest BCUT2D eigenvalue weighted by molar-refractivity contribution is 5.91. The predicted octanol–water partition coefficient (Wildman–Crippen LogP) is 4.37. The van der Waals surface area contributed by atoms with Gasteiger partial charge in [-0.3, -0.25) is 9.69 Å². The lowest BCUT2D eigenvalue weighted by Crippen LogP contribution is -2.43. The Morgan fingerprint density at radius 1 is 1.13 bits per heavy atom. The molecule has 2 N–H and O–H groups in total. The van der Waals surface area contributed by atoms with Crippen LogP contribution in [0.25, 0.3) is 22.3 Å². The Morgan fingerprint density at radius 3 is 2.79 bits per heavy atom. The Balaban J connectivity index is 1.19. The topological polar surface area (TPSA) is 92.3 Å². The molecule has 0 spiro atoms. The summed E-state index contributed by atoms with van der Waals surface area (Å²) in [4.78, 5) is 28.5. The van der Waals surface area contributed by atoms with Crippen molar-refractivity contribution in [3.05, 3.63) is 53.9 Å². The molecule has 0 radical (unpaired) electrons. The average Bonchev–Trinajstić information content (AvgIpc) is 3.23. The number of benzene rings is 1. The Morgan fingerprint density at radius 2 is 1.97 bits per heavy atom. The number of pyridine rings is 1. The van der Waals surface area contributed by atoms with E-state index in [1.165, 1.54) is 42.4 Å². The molecule has 4 heterocycles. The minimum atomic E-state index is -1.01. The Hall–Kier alpha value is -3.59.